The maximum atomic E-state index is 4.59. The lowest BCUT2D eigenvalue weighted by atomic mass is 10.0. The minimum Gasteiger partial charge on any atom is -0.305 e. The summed E-state index contributed by atoms with van der Waals surface area (Å²) in [4.78, 5) is 4.59. The number of benzene rings is 1. The predicted molar refractivity (Wildman–Crippen MR) is 95.6 cm³/mol. The van der Waals surface area contributed by atoms with Crippen molar-refractivity contribution in [1.82, 2.24) is 10.3 Å². The zero-order valence-electron chi connectivity index (χ0n) is 12.4. The molecule has 0 spiro atoms. The number of rotatable bonds is 6. The van der Waals surface area contributed by atoms with E-state index in [1.165, 1.54) is 11.1 Å². The Morgan fingerprint density at radius 2 is 1.86 bits per heavy atom. The molecule has 1 N–H and O–H groups in total. The SMILES string of the molecule is CCCNC(c1ccc(CC)cc1)c1ncc(Br)cc1Br. The quantitative estimate of drug-likeness (QED) is 0.701. The molecule has 0 amide bonds. The van der Waals surface area contributed by atoms with Crippen LogP contribution in [0.25, 0.3) is 0 Å². The number of hydrogen-bond donors (Lipinski definition) is 1. The summed E-state index contributed by atoms with van der Waals surface area (Å²) in [6.07, 6.45) is 4.01. The Kier molecular flexibility index (Phi) is 6.40. The van der Waals surface area contributed by atoms with Gasteiger partial charge in [-0.1, -0.05) is 38.1 Å². The monoisotopic (exact) mass is 410 g/mol. The maximum absolute atomic E-state index is 4.59. The summed E-state index contributed by atoms with van der Waals surface area (Å²) in [7, 11) is 0. The number of aryl methyl sites for hydroxylation is 1. The van der Waals surface area contributed by atoms with Crippen LogP contribution in [-0.4, -0.2) is 11.5 Å². The number of hydrogen-bond acceptors (Lipinski definition) is 2. The fraction of sp³-hybridized carbons (Fsp3) is 0.353. The number of pyridine rings is 1. The minimum atomic E-state index is 0.110. The Morgan fingerprint density at radius 3 is 2.43 bits per heavy atom. The van der Waals surface area contributed by atoms with Gasteiger partial charge in [0.25, 0.3) is 0 Å². The molecule has 1 unspecified atom stereocenters. The number of aromatic nitrogens is 1. The zero-order valence-corrected chi connectivity index (χ0v) is 15.5. The summed E-state index contributed by atoms with van der Waals surface area (Å²) in [6, 6.07) is 10.9. The van der Waals surface area contributed by atoms with Gasteiger partial charge in [0.1, 0.15) is 0 Å². The molecule has 1 aromatic heterocycles. The Morgan fingerprint density at radius 1 is 1.14 bits per heavy atom. The molecule has 0 radical (unpaired) electrons. The lowest BCUT2D eigenvalue weighted by Gasteiger charge is -2.20. The summed E-state index contributed by atoms with van der Waals surface area (Å²) in [6.45, 7) is 5.31. The topological polar surface area (TPSA) is 24.9 Å². The Hall–Kier alpha value is -0.710. The van der Waals surface area contributed by atoms with Crippen LogP contribution in [0, 0.1) is 0 Å². The molecule has 1 atom stereocenters. The van der Waals surface area contributed by atoms with Crippen molar-refractivity contribution in [2.24, 2.45) is 0 Å². The third-order valence-corrected chi connectivity index (χ3v) is 4.50. The van der Waals surface area contributed by atoms with Crippen LogP contribution in [-0.2, 0) is 6.42 Å². The van der Waals surface area contributed by atoms with E-state index in [4.69, 9.17) is 0 Å². The van der Waals surface area contributed by atoms with Gasteiger partial charge in [0.15, 0.2) is 0 Å². The predicted octanol–water partition coefficient (Wildman–Crippen LogP) is 5.26. The van der Waals surface area contributed by atoms with Gasteiger partial charge < -0.3 is 5.32 Å². The first-order chi connectivity index (χ1) is 10.2. The van der Waals surface area contributed by atoms with Crippen molar-refractivity contribution in [3.05, 3.63) is 62.3 Å². The highest BCUT2D eigenvalue weighted by Gasteiger charge is 2.17. The fourth-order valence-corrected chi connectivity index (χ4v) is 3.46. The smallest absolute Gasteiger partial charge is 0.0763 e. The Labute approximate surface area is 143 Å². The standard InChI is InChI=1S/C17H20Br2N2/c1-3-9-20-16(13-7-5-12(4-2)6-8-13)17-15(19)10-14(18)11-21-17/h5-8,10-11,16,20H,3-4,9H2,1-2H3. The van der Waals surface area contributed by atoms with Crippen molar-refractivity contribution in [1.29, 1.82) is 0 Å². The van der Waals surface area contributed by atoms with E-state index in [1.807, 2.05) is 12.3 Å². The van der Waals surface area contributed by atoms with Gasteiger partial charge in [0, 0.05) is 15.1 Å². The third-order valence-electron chi connectivity index (χ3n) is 3.43. The average Bonchev–Trinajstić information content (AvgIpc) is 2.50. The van der Waals surface area contributed by atoms with E-state index >= 15 is 0 Å². The van der Waals surface area contributed by atoms with Crippen molar-refractivity contribution in [3.63, 3.8) is 0 Å². The lowest BCUT2D eigenvalue weighted by molar-refractivity contribution is 0.584. The minimum absolute atomic E-state index is 0.110. The molecular weight excluding hydrogens is 392 g/mol. The molecule has 2 aromatic rings. The first-order valence-corrected chi connectivity index (χ1v) is 8.87. The summed E-state index contributed by atoms with van der Waals surface area (Å²) < 4.78 is 2.00. The molecule has 1 heterocycles. The molecule has 0 fully saturated rings. The molecule has 21 heavy (non-hydrogen) atoms. The van der Waals surface area contributed by atoms with E-state index in [2.05, 4.69) is 80.3 Å². The molecule has 0 aliphatic heterocycles. The molecule has 112 valence electrons. The van der Waals surface area contributed by atoms with Crippen LogP contribution in [0.4, 0.5) is 0 Å². The molecule has 2 rings (SSSR count). The molecule has 0 aliphatic carbocycles. The highest BCUT2D eigenvalue weighted by atomic mass is 79.9. The van der Waals surface area contributed by atoms with E-state index in [0.29, 0.717) is 0 Å². The largest absolute Gasteiger partial charge is 0.305 e. The van der Waals surface area contributed by atoms with Gasteiger partial charge in [0.2, 0.25) is 0 Å². The van der Waals surface area contributed by atoms with E-state index in [1.54, 1.807) is 0 Å². The van der Waals surface area contributed by atoms with Crippen LogP contribution < -0.4 is 5.32 Å². The summed E-state index contributed by atoms with van der Waals surface area (Å²) in [5, 5.41) is 3.59. The summed E-state index contributed by atoms with van der Waals surface area (Å²) >= 11 is 7.09. The summed E-state index contributed by atoms with van der Waals surface area (Å²) in [5.74, 6) is 0. The van der Waals surface area contributed by atoms with Crippen molar-refractivity contribution >= 4 is 31.9 Å². The van der Waals surface area contributed by atoms with E-state index in [-0.39, 0.29) is 6.04 Å². The first-order valence-electron chi connectivity index (χ1n) is 7.28. The molecule has 4 heteroatoms. The number of nitrogens with zero attached hydrogens (tertiary/aromatic N) is 1. The van der Waals surface area contributed by atoms with Crippen molar-refractivity contribution in [2.45, 2.75) is 32.7 Å². The normalized spacial score (nSPS) is 12.4. The molecule has 0 bridgehead atoms. The van der Waals surface area contributed by atoms with E-state index in [9.17, 15) is 0 Å². The van der Waals surface area contributed by atoms with Crippen LogP contribution in [0.5, 0.6) is 0 Å². The van der Waals surface area contributed by atoms with Crippen LogP contribution in [0.3, 0.4) is 0 Å². The highest BCUT2D eigenvalue weighted by Crippen LogP contribution is 2.29. The summed E-state index contributed by atoms with van der Waals surface area (Å²) in [5.41, 5.74) is 3.63. The Balaban J connectivity index is 2.36. The van der Waals surface area contributed by atoms with Gasteiger partial charge >= 0.3 is 0 Å². The lowest BCUT2D eigenvalue weighted by Crippen LogP contribution is -2.24. The molecule has 0 saturated carbocycles. The highest BCUT2D eigenvalue weighted by molar-refractivity contribution is 9.11. The first kappa shape index (κ1) is 16.7. The molecule has 0 aliphatic rings. The molecule has 0 saturated heterocycles. The Bertz CT molecular complexity index is 582. The molecular formula is C17H20Br2N2. The van der Waals surface area contributed by atoms with Gasteiger partial charge in [-0.2, -0.15) is 0 Å². The van der Waals surface area contributed by atoms with Crippen LogP contribution in [0.2, 0.25) is 0 Å². The second-order valence-corrected chi connectivity index (χ2v) is 6.77. The van der Waals surface area contributed by atoms with E-state index in [0.717, 1.165) is 34.0 Å². The number of nitrogens with one attached hydrogen (secondary N) is 1. The van der Waals surface area contributed by atoms with Crippen molar-refractivity contribution < 1.29 is 0 Å². The maximum Gasteiger partial charge on any atom is 0.0763 e. The van der Waals surface area contributed by atoms with Gasteiger partial charge in [-0.15, -0.1) is 0 Å². The van der Waals surface area contributed by atoms with Gasteiger partial charge in [0.05, 0.1) is 11.7 Å². The van der Waals surface area contributed by atoms with Gasteiger partial charge in [-0.05, 0) is 68.4 Å². The second-order valence-electron chi connectivity index (χ2n) is 5.00. The second kappa shape index (κ2) is 8.06. The van der Waals surface area contributed by atoms with Gasteiger partial charge in [-0.25, -0.2) is 0 Å². The van der Waals surface area contributed by atoms with Crippen molar-refractivity contribution in [3.8, 4) is 0 Å². The van der Waals surface area contributed by atoms with Crippen LogP contribution in [0.15, 0.2) is 45.5 Å². The third kappa shape index (κ3) is 4.38. The zero-order chi connectivity index (χ0) is 15.2. The molecule has 1 aromatic carbocycles. The molecule has 2 nitrogen and oxygen atoms in total. The van der Waals surface area contributed by atoms with Gasteiger partial charge in [-0.3, -0.25) is 4.98 Å². The van der Waals surface area contributed by atoms with Crippen LogP contribution in [0.1, 0.15) is 43.1 Å². The van der Waals surface area contributed by atoms with Crippen molar-refractivity contribution in [2.75, 3.05) is 6.54 Å². The van der Waals surface area contributed by atoms with Crippen LogP contribution >= 0.6 is 31.9 Å². The average molecular weight is 412 g/mol. The fourth-order valence-electron chi connectivity index (χ4n) is 2.24. The number of halogens is 2. The van der Waals surface area contributed by atoms with E-state index < -0.39 is 0 Å².